The molecule has 0 aliphatic carbocycles. The third kappa shape index (κ3) is 2.64. The van der Waals surface area contributed by atoms with E-state index in [9.17, 15) is 13.2 Å². The molecule has 2 atom stereocenters. The first kappa shape index (κ1) is 14.0. The van der Waals surface area contributed by atoms with Crippen LogP contribution in [0, 0.1) is 0 Å². The van der Waals surface area contributed by atoms with Crippen molar-refractivity contribution in [3.05, 3.63) is 23.8 Å². The predicted molar refractivity (Wildman–Crippen MR) is 73.6 cm³/mol. The smallest absolute Gasteiger partial charge is 0.240 e. The van der Waals surface area contributed by atoms with Crippen LogP contribution < -0.4 is 10.0 Å². The standard InChI is InChI=1S/C13H18N2O3S/c1-4-8(2)15-19(17,18)10-5-6-12-11(7-10)9(3)13(16)14-12/h5-9,15H,4H2,1-3H3,(H,14,16). The van der Waals surface area contributed by atoms with Crippen LogP contribution in [0.5, 0.6) is 0 Å². The topological polar surface area (TPSA) is 75.3 Å². The average Bonchev–Trinajstić information content (AvgIpc) is 2.64. The molecule has 0 fully saturated rings. The van der Waals surface area contributed by atoms with Gasteiger partial charge in [-0.05, 0) is 44.0 Å². The number of sulfonamides is 1. The fourth-order valence-electron chi connectivity index (χ4n) is 1.98. The first-order chi connectivity index (χ1) is 8.85. The van der Waals surface area contributed by atoms with E-state index < -0.39 is 10.0 Å². The first-order valence-electron chi connectivity index (χ1n) is 6.32. The van der Waals surface area contributed by atoms with Gasteiger partial charge in [0.05, 0.1) is 10.8 Å². The number of benzene rings is 1. The molecule has 0 saturated heterocycles. The lowest BCUT2D eigenvalue weighted by molar-refractivity contribution is -0.116. The zero-order valence-corrected chi connectivity index (χ0v) is 12.0. The summed E-state index contributed by atoms with van der Waals surface area (Å²) in [6.07, 6.45) is 0.723. The predicted octanol–water partition coefficient (Wildman–Crippen LogP) is 1.82. The monoisotopic (exact) mass is 282 g/mol. The maximum Gasteiger partial charge on any atom is 0.240 e. The van der Waals surface area contributed by atoms with Crippen molar-refractivity contribution in [1.82, 2.24) is 4.72 Å². The first-order valence-corrected chi connectivity index (χ1v) is 7.80. The Hall–Kier alpha value is -1.40. The molecule has 0 bridgehead atoms. The molecule has 0 aromatic heterocycles. The van der Waals surface area contributed by atoms with Gasteiger partial charge >= 0.3 is 0 Å². The molecule has 2 N–H and O–H groups in total. The number of nitrogens with one attached hydrogen (secondary N) is 2. The van der Waals surface area contributed by atoms with Crippen LogP contribution in [-0.2, 0) is 14.8 Å². The average molecular weight is 282 g/mol. The SMILES string of the molecule is CCC(C)NS(=O)(=O)c1ccc2c(c1)C(C)C(=O)N2. The number of fused-ring (bicyclic) bond motifs is 1. The summed E-state index contributed by atoms with van der Waals surface area (Å²) in [4.78, 5) is 11.7. The van der Waals surface area contributed by atoms with E-state index in [0.29, 0.717) is 5.69 Å². The van der Waals surface area contributed by atoms with Crippen LogP contribution in [0.2, 0.25) is 0 Å². The minimum absolute atomic E-state index is 0.0977. The lowest BCUT2D eigenvalue weighted by Gasteiger charge is -2.13. The molecular formula is C13H18N2O3S. The summed E-state index contributed by atoms with van der Waals surface area (Å²) in [7, 11) is -3.52. The van der Waals surface area contributed by atoms with Crippen molar-refractivity contribution in [2.24, 2.45) is 0 Å². The molecule has 1 heterocycles. The number of carbonyl (C=O) groups is 1. The Morgan fingerprint density at radius 2 is 2.11 bits per heavy atom. The molecule has 104 valence electrons. The molecule has 5 nitrogen and oxygen atoms in total. The summed E-state index contributed by atoms with van der Waals surface area (Å²) >= 11 is 0. The van der Waals surface area contributed by atoms with Gasteiger partial charge in [0.2, 0.25) is 15.9 Å². The molecular weight excluding hydrogens is 264 g/mol. The van der Waals surface area contributed by atoms with Crippen molar-refractivity contribution < 1.29 is 13.2 Å². The maximum atomic E-state index is 12.2. The second-order valence-electron chi connectivity index (χ2n) is 4.89. The van der Waals surface area contributed by atoms with Crippen LogP contribution in [-0.4, -0.2) is 20.4 Å². The van der Waals surface area contributed by atoms with E-state index in [1.54, 1.807) is 19.1 Å². The number of hydrogen-bond donors (Lipinski definition) is 2. The fourth-order valence-corrected chi connectivity index (χ4v) is 3.34. The second kappa shape index (κ2) is 4.94. The molecule has 1 aromatic rings. The van der Waals surface area contributed by atoms with Crippen molar-refractivity contribution in [3.8, 4) is 0 Å². The molecule has 0 radical (unpaired) electrons. The molecule has 2 rings (SSSR count). The Bertz CT molecular complexity index is 610. The Kier molecular flexibility index (Phi) is 3.64. The summed E-state index contributed by atoms with van der Waals surface area (Å²) in [5, 5.41) is 2.72. The van der Waals surface area contributed by atoms with E-state index in [1.807, 2.05) is 13.8 Å². The molecule has 19 heavy (non-hydrogen) atoms. The van der Waals surface area contributed by atoms with Crippen molar-refractivity contribution in [2.45, 2.75) is 44.0 Å². The van der Waals surface area contributed by atoms with Gasteiger partial charge in [0.15, 0.2) is 0 Å². The lowest BCUT2D eigenvalue weighted by Crippen LogP contribution is -2.32. The zero-order valence-electron chi connectivity index (χ0n) is 11.2. The largest absolute Gasteiger partial charge is 0.325 e. The quantitative estimate of drug-likeness (QED) is 0.884. The van der Waals surface area contributed by atoms with E-state index >= 15 is 0 Å². The summed E-state index contributed by atoms with van der Waals surface area (Å²) in [6, 6.07) is 4.61. The van der Waals surface area contributed by atoms with E-state index in [2.05, 4.69) is 10.0 Å². The number of rotatable bonds is 4. The third-order valence-corrected chi connectivity index (χ3v) is 5.01. The second-order valence-corrected chi connectivity index (χ2v) is 6.60. The van der Waals surface area contributed by atoms with Crippen molar-refractivity contribution in [3.63, 3.8) is 0 Å². The maximum absolute atomic E-state index is 12.2. The number of carbonyl (C=O) groups excluding carboxylic acids is 1. The van der Waals surface area contributed by atoms with Crippen LogP contribution in [0.25, 0.3) is 0 Å². The number of amides is 1. The molecule has 1 aliphatic rings. The molecule has 1 amide bonds. The molecule has 2 unspecified atom stereocenters. The van der Waals surface area contributed by atoms with Gasteiger partial charge in [-0.1, -0.05) is 6.92 Å². The summed E-state index contributed by atoms with van der Waals surface area (Å²) in [5.74, 6) is -0.409. The van der Waals surface area contributed by atoms with Gasteiger partial charge in [-0.15, -0.1) is 0 Å². The molecule has 1 aromatic carbocycles. The Morgan fingerprint density at radius 1 is 1.42 bits per heavy atom. The summed E-state index contributed by atoms with van der Waals surface area (Å²) in [6.45, 7) is 5.50. The third-order valence-electron chi connectivity index (χ3n) is 3.42. The van der Waals surface area contributed by atoms with Gasteiger partial charge in [0.1, 0.15) is 0 Å². The summed E-state index contributed by atoms with van der Waals surface area (Å²) < 4.78 is 27.0. The normalized spacial score (nSPS) is 19.9. The van der Waals surface area contributed by atoms with Crippen LogP contribution >= 0.6 is 0 Å². The van der Waals surface area contributed by atoms with Crippen LogP contribution in [0.1, 0.15) is 38.7 Å². The van der Waals surface area contributed by atoms with Crippen LogP contribution in [0.15, 0.2) is 23.1 Å². The zero-order chi connectivity index (χ0) is 14.2. The van der Waals surface area contributed by atoms with E-state index in [4.69, 9.17) is 0 Å². The van der Waals surface area contributed by atoms with E-state index in [-0.39, 0.29) is 22.8 Å². The Morgan fingerprint density at radius 3 is 2.74 bits per heavy atom. The minimum Gasteiger partial charge on any atom is -0.325 e. The van der Waals surface area contributed by atoms with Gasteiger partial charge in [-0.2, -0.15) is 0 Å². The van der Waals surface area contributed by atoms with Crippen molar-refractivity contribution >= 4 is 21.6 Å². The highest BCUT2D eigenvalue weighted by atomic mass is 32.2. The van der Waals surface area contributed by atoms with Crippen molar-refractivity contribution in [1.29, 1.82) is 0 Å². The molecule has 6 heteroatoms. The van der Waals surface area contributed by atoms with Crippen LogP contribution in [0.3, 0.4) is 0 Å². The van der Waals surface area contributed by atoms with Gasteiger partial charge in [0, 0.05) is 11.7 Å². The number of anilines is 1. The Balaban J connectivity index is 2.36. The fraction of sp³-hybridized carbons (Fsp3) is 0.462. The van der Waals surface area contributed by atoms with Gasteiger partial charge < -0.3 is 5.32 Å². The minimum atomic E-state index is -3.52. The van der Waals surface area contributed by atoms with E-state index in [0.717, 1.165) is 12.0 Å². The van der Waals surface area contributed by atoms with Crippen molar-refractivity contribution in [2.75, 3.05) is 5.32 Å². The molecule has 1 aliphatic heterocycles. The highest BCUT2D eigenvalue weighted by Gasteiger charge is 2.28. The highest BCUT2D eigenvalue weighted by molar-refractivity contribution is 7.89. The van der Waals surface area contributed by atoms with Gasteiger partial charge in [-0.3, -0.25) is 4.79 Å². The highest BCUT2D eigenvalue weighted by Crippen LogP contribution is 2.33. The molecule has 0 spiro atoms. The van der Waals surface area contributed by atoms with Crippen LogP contribution in [0.4, 0.5) is 5.69 Å². The van der Waals surface area contributed by atoms with E-state index in [1.165, 1.54) is 6.07 Å². The Labute approximate surface area is 113 Å². The van der Waals surface area contributed by atoms with Gasteiger partial charge in [0.25, 0.3) is 0 Å². The summed E-state index contributed by atoms with van der Waals surface area (Å²) in [5.41, 5.74) is 1.43. The van der Waals surface area contributed by atoms with Gasteiger partial charge in [-0.25, -0.2) is 13.1 Å². The number of hydrogen-bond acceptors (Lipinski definition) is 3. The lowest BCUT2D eigenvalue weighted by atomic mass is 10.0. The molecule has 0 saturated carbocycles.